The summed E-state index contributed by atoms with van der Waals surface area (Å²) in [4.78, 5) is 0. The van der Waals surface area contributed by atoms with Gasteiger partial charge in [-0.05, 0) is 24.3 Å². The van der Waals surface area contributed by atoms with Gasteiger partial charge in [0.05, 0.1) is 0 Å². The lowest BCUT2D eigenvalue weighted by molar-refractivity contribution is 0.171. The first-order valence-corrected chi connectivity index (χ1v) is 5.81. The van der Waals surface area contributed by atoms with E-state index < -0.39 is 0 Å². The third-order valence-corrected chi connectivity index (χ3v) is 3.40. The molecule has 13 heavy (non-hydrogen) atoms. The number of hydrogen-bond acceptors (Lipinski definition) is 1. The van der Waals surface area contributed by atoms with Crippen LogP contribution in [0.25, 0.3) is 0 Å². The van der Waals surface area contributed by atoms with E-state index in [2.05, 4.69) is 39.9 Å². The summed E-state index contributed by atoms with van der Waals surface area (Å²) in [7, 11) is 0. The maximum Gasteiger partial charge on any atom is 0.000759 e. The summed E-state index contributed by atoms with van der Waals surface area (Å²) in [6.07, 6.45) is 3.93. The van der Waals surface area contributed by atoms with E-state index in [1.165, 1.54) is 25.8 Å². The van der Waals surface area contributed by atoms with Gasteiger partial charge in [0.25, 0.3) is 0 Å². The van der Waals surface area contributed by atoms with Gasteiger partial charge < -0.3 is 5.32 Å². The summed E-state index contributed by atoms with van der Waals surface area (Å²) in [5, 5.41) is 3.49. The monoisotopic (exact) mass is 185 g/mol. The smallest absolute Gasteiger partial charge is 0.000759 e. The molecule has 0 bridgehead atoms. The predicted molar refractivity (Wildman–Crippen MR) is 61.0 cm³/mol. The zero-order valence-electron chi connectivity index (χ0n) is 10.1. The second-order valence-electron chi connectivity index (χ2n) is 4.49. The molecule has 0 spiro atoms. The van der Waals surface area contributed by atoms with E-state index >= 15 is 0 Å². The van der Waals surface area contributed by atoms with Gasteiger partial charge in [0.1, 0.15) is 0 Å². The lowest BCUT2D eigenvalue weighted by Crippen LogP contribution is -2.36. The lowest BCUT2D eigenvalue weighted by Gasteiger charge is -2.35. The zero-order valence-corrected chi connectivity index (χ0v) is 10.1. The molecule has 0 amide bonds. The molecule has 0 radical (unpaired) electrons. The Morgan fingerprint density at radius 1 is 1.23 bits per heavy atom. The van der Waals surface area contributed by atoms with Gasteiger partial charge in [0.2, 0.25) is 0 Å². The highest BCUT2D eigenvalue weighted by atomic mass is 14.9. The number of rotatable bonds is 7. The van der Waals surface area contributed by atoms with E-state index in [1.807, 2.05) is 0 Å². The maximum absolute atomic E-state index is 3.49. The van der Waals surface area contributed by atoms with Crippen molar-refractivity contribution in [1.82, 2.24) is 5.32 Å². The molecule has 0 saturated carbocycles. The molecule has 1 N–H and O–H groups in total. The molecule has 2 atom stereocenters. The van der Waals surface area contributed by atoms with Crippen LogP contribution in [0.2, 0.25) is 0 Å². The van der Waals surface area contributed by atoms with Crippen LogP contribution in [0.4, 0.5) is 0 Å². The summed E-state index contributed by atoms with van der Waals surface area (Å²) >= 11 is 0. The molecule has 0 aromatic rings. The Hall–Kier alpha value is -0.0400. The second-order valence-corrected chi connectivity index (χ2v) is 4.49. The van der Waals surface area contributed by atoms with Gasteiger partial charge in [-0.25, -0.2) is 0 Å². The van der Waals surface area contributed by atoms with Crippen molar-refractivity contribution in [1.29, 1.82) is 0 Å². The van der Waals surface area contributed by atoms with Gasteiger partial charge in [-0.2, -0.15) is 0 Å². The molecule has 1 nitrogen and oxygen atoms in total. The Morgan fingerprint density at radius 2 is 1.85 bits per heavy atom. The molecule has 0 aromatic heterocycles. The van der Waals surface area contributed by atoms with Gasteiger partial charge in [0, 0.05) is 6.54 Å². The molecule has 2 unspecified atom stereocenters. The van der Waals surface area contributed by atoms with E-state index in [4.69, 9.17) is 0 Å². The van der Waals surface area contributed by atoms with Gasteiger partial charge in [-0.15, -0.1) is 0 Å². The van der Waals surface area contributed by atoms with Crippen molar-refractivity contribution in [2.24, 2.45) is 11.3 Å². The minimum absolute atomic E-state index is 0.500. The van der Waals surface area contributed by atoms with Crippen molar-refractivity contribution in [3.63, 3.8) is 0 Å². The summed E-state index contributed by atoms with van der Waals surface area (Å²) in [6, 6.07) is 0. The fourth-order valence-corrected chi connectivity index (χ4v) is 1.98. The van der Waals surface area contributed by atoms with Gasteiger partial charge in [-0.1, -0.05) is 47.5 Å². The Labute approximate surface area is 84.3 Å². The van der Waals surface area contributed by atoms with Crippen molar-refractivity contribution < 1.29 is 0 Å². The molecule has 0 saturated heterocycles. The zero-order chi connectivity index (χ0) is 10.3. The van der Waals surface area contributed by atoms with E-state index in [-0.39, 0.29) is 0 Å². The topological polar surface area (TPSA) is 12.0 Å². The summed E-state index contributed by atoms with van der Waals surface area (Å²) < 4.78 is 0. The van der Waals surface area contributed by atoms with E-state index in [0.717, 1.165) is 12.5 Å². The van der Waals surface area contributed by atoms with Crippen LogP contribution in [-0.4, -0.2) is 13.1 Å². The van der Waals surface area contributed by atoms with Crippen LogP contribution in [0.1, 0.15) is 53.9 Å². The molecule has 80 valence electrons. The first-order valence-electron chi connectivity index (χ1n) is 5.81. The maximum atomic E-state index is 3.49. The fraction of sp³-hybridized carbons (Fsp3) is 1.00. The Morgan fingerprint density at radius 3 is 2.23 bits per heavy atom. The predicted octanol–water partition coefficient (Wildman–Crippen LogP) is 3.45. The summed E-state index contributed by atoms with van der Waals surface area (Å²) in [6.45, 7) is 13.8. The Balaban J connectivity index is 4.14. The van der Waals surface area contributed by atoms with Crippen LogP contribution in [0.3, 0.4) is 0 Å². The highest BCUT2D eigenvalue weighted by molar-refractivity contribution is 4.81. The Kier molecular flexibility index (Phi) is 6.40. The molecular formula is C12H27N. The SMILES string of the molecule is CCCC(C)(CNCC)C(C)CC. The van der Waals surface area contributed by atoms with E-state index in [9.17, 15) is 0 Å². The van der Waals surface area contributed by atoms with Crippen LogP contribution in [0.15, 0.2) is 0 Å². The van der Waals surface area contributed by atoms with E-state index in [0.29, 0.717) is 5.41 Å². The van der Waals surface area contributed by atoms with E-state index in [1.54, 1.807) is 0 Å². The average Bonchev–Trinajstić information content (AvgIpc) is 2.14. The molecular weight excluding hydrogens is 158 g/mol. The minimum atomic E-state index is 0.500. The van der Waals surface area contributed by atoms with Crippen LogP contribution in [0, 0.1) is 11.3 Å². The van der Waals surface area contributed by atoms with Crippen LogP contribution < -0.4 is 5.32 Å². The fourth-order valence-electron chi connectivity index (χ4n) is 1.98. The Bertz CT molecular complexity index is 122. The summed E-state index contributed by atoms with van der Waals surface area (Å²) in [5.74, 6) is 0.825. The van der Waals surface area contributed by atoms with Crippen LogP contribution in [-0.2, 0) is 0 Å². The molecule has 0 aromatic carbocycles. The molecule has 0 rings (SSSR count). The van der Waals surface area contributed by atoms with Crippen molar-refractivity contribution >= 4 is 0 Å². The third-order valence-electron chi connectivity index (χ3n) is 3.40. The van der Waals surface area contributed by atoms with Crippen molar-refractivity contribution in [2.45, 2.75) is 53.9 Å². The number of hydrogen-bond donors (Lipinski definition) is 1. The number of nitrogens with one attached hydrogen (secondary N) is 1. The first kappa shape index (κ1) is 13.0. The third kappa shape index (κ3) is 4.12. The highest BCUT2D eigenvalue weighted by Gasteiger charge is 2.28. The van der Waals surface area contributed by atoms with Crippen LogP contribution in [0.5, 0.6) is 0 Å². The normalized spacial score (nSPS) is 18.2. The molecule has 0 aliphatic rings. The van der Waals surface area contributed by atoms with Crippen molar-refractivity contribution in [3.05, 3.63) is 0 Å². The van der Waals surface area contributed by atoms with Gasteiger partial charge in [-0.3, -0.25) is 0 Å². The van der Waals surface area contributed by atoms with Crippen molar-refractivity contribution in [2.75, 3.05) is 13.1 Å². The lowest BCUT2D eigenvalue weighted by atomic mass is 9.73. The second kappa shape index (κ2) is 6.42. The molecule has 0 aliphatic carbocycles. The van der Waals surface area contributed by atoms with Gasteiger partial charge >= 0.3 is 0 Å². The molecule has 1 heteroatoms. The highest BCUT2D eigenvalue weighted by Crippen LogP contribution is 2.33. The minimum Gasteiger partial charge on any atom is -0.316 e. The quantitative estimate of drug-likeness (QED) is 0.640. The first-order chi connectivity index (χ1) is 6.10. The molecule has 0 aliphatic heterocycles. The molecule has 0 fully saturated rings. The summed E-state index contributed by atoms with van der Waals surface area (Å²) in [5.41, 5.74) is 0.500. The largest absolute Gasteiger partial charge is 0.316 e. The molecule has 0 heterocycles. The standard InChI is InChI=1S/C12H27N/c1-6-9-12(5,10-13-8-3)11(4)7-2/h11,13H,6-10H2,1-5H3. The van der Waals surface area contributed by atoms with Crippen LogP contribution >= 0.6 is 0 Å². The van der Waals surface area contributed by atoms with Gasteiger partial charge in [0.15, 0.2) is 0 Å². The average molecular weight is 185 g/mol. The van der Waals surface area contributed by atoms with Crippen molar-refractivity contribution in [3.8, 4) is 0 Å².